The van der Waals surface area contributed by atoms with Crippen LogP contribution in [-0.4, -0.2) is 32.0 Å². The van der Waals surface area contributed by atoms with Crippen LogP contribution >= 0.6 is 11.3 Å². The smallest absolute Gasteiger partial charge is 0.326 e. The van der Waals surface area contributed by atoms with Crippen LogP contribution < -0.4 is 5.73 Å². The molecule has 1 aromatic rings. The quantitative estimate of drug-likeness (QED) is 0.871. The zero-order chi connectivity index (χ0) is 15.6. The second-order valence-corrected chi connectivity index (χ2v) is 7.17. The number of nitrogens with zero attached hydrogens (tertiary/aromatic N) is 1. The van der Waals surface area contributed by atoms with E-state index in [2.05, 4.69) is 0 Å². The van der Waals surface area contributed by atoms with Gasteiger partial charge in [-0.05, 0) is 24.3 Å². The third-order valence-corrected chi connectivity index (χ3v) is 5.93. The number of sulfonamides is 1. The number of thiophene rings is 1. The fraction of sp³-hybridized carbons (Fsp3) is 0.636. The molecule has 1 aromatic heterocycles. The average Bonchev–Trinajstić information content (AvgIpc) is 2.68. The van der Waals surface area contributed by atoms with E-state index in [0.29, 0.717) is 21.2 Å². The Kier molecular flexibility index (Phi) is 5.59. The third kappa shape index (κ3) is 3.94. The maximum atomic E-state index is 12.6. The molecule has 2 N–H and O–H groups in total. The Labute approximate surface area is 120 Å². The van der Waals surface area contributed by atoms with E-state index >= 15 is 0 Å². The van der Waals surface area contributed by atoms with E-state index in [4.69, 9.17) is 5.73 Å². The van der Waals surface area contributed by atoms with Gasteiger partial charge in [-0.15, -0.1) is 11.3 Å². The molecule has 0 fully saturated rings. The van der Waals surface area contributed by atoms with E-state index in [-0.39, 0.29) is 18.0 Å². The molecule has 4 nitrogen and oxygen atoms in total. The normalized spacial score (nSPS) is 13.2. The van der Waals surface area contributed by atoms with Crippen LogP contribution in [0.25, 0.3) is 0 Å². The van der Waals surface area contributed by atoms with Crippen molar-refractivity contribution in [3.63, 3.8) is 0 Å². The number of rotatable bonds is 6. The molecule has 0 aliphatic heterocycles. The van der Waals surface area contributed by atoms with E-state index < -0.39 is 22.7 Å². The summed E-state index contributed by atoms with van der Waals surface area (Å²) in [6.07, 6.45) is -4.27. The van der Waals surface area contributed by atoms with Crippen LogP contribution in [0, 0.1) is 6.92 Å². The van der Waals surface area contributed by atoms with Crippen LogP contribution in [0.2, 0.25) is 0 Å². The first-order valence-corrected chi connectivity index (χ1v) is 8.29. The predicted octanol–water partition coefficient (Wildman–Crippen LogP) is 2.48. The minimum atomic E-state index is -4.57. The summed E-state index contributed by atoms with van der Waals surface area (Å²) in [6, 6.07) is 0. The highest BCUT2D eigenvalue weighted by Gasteiger charge is 2.38. The van der Waals surface area contributed by atoms with Gasteiger partial charge in [0.15, 0.2) is 0 Å². The van der Waals surface area contributed by atoms with Gasteiger partial charge in [0.2, 0.25) is 10.0 Å². The van der Waals surface area contributed by atoms with E-state index in [9.17, 15) is 21.6 Å². The van der Waals surface area contributed by atoms with Gasteiger partial charge in [-0.1, -0.05) is 6.92 Å². The lowest BCUT2D eigenvalue weighted by Gasteiger charge is -2.23. The van der Waals surface area contributed by atoms with Crippen LogP contribution in [0.3, 0.4) is 0 Å². The topological polar surface area (TPSA) is 63.4 Å². The minimum absolute atomic E-state index is 0.0148. The van der Waals surface area contributed by atoms with Crippen LogP contribution in [-0.2, 0) is 16.6 Å². The zero-order valence-electron chi connectivity index (χ0n) is 11.2. The molecule has 0 aliphatic rings. The lowest BCUT2D eigenvalue weighted by molar-refractivity contribution is -0.136. The molecule has 0 saturated carbocycles. The summed E-state index contributed by atoms with van der Waals surface area (Å²) in [6.45, 7) is 1.51. The first-order chi connectivity index (χ1) is 9.13. The highest BCUT2D eigenvalue weighted by Crippen LogP contribution is 2.31. The molecule has 0 bridgehead atoms. The Morgan fingerprint density at radius 1 is 1.40 bits per heavy atom. The van der Waals surface area contributed by atoms with Gasteiger partial charge in [0, 0.05) is 18.0 Å². The molecule has 0 aliphatic carbocycles. The molecule has 1 rings (SSSR count). The van der Waals surface area contributed by atoms with E-state index in [0.717, 1.165) is 11.3 Å². The van der Waals surface area contributed by atoms with Crippen molar-refractivity contribution in [2.75, 3.05) is 13.1 Å². The standard InChI is InChI=1S/C11H17F3N2O2S2/c1-3-4-16(7-11(12,13)14)20(17,18)10-8(2)6-19-9(10)5-15/h6H,3-5,7,15H2,1-2H3. The SMILES string of the molecule is CCCN(CC(F)(F)F)S(=O)(=O)c1c(C)csc1CN. The Morgan fingerprint density at radius 2 is 2.00 bits per heavy atom. The molecule has 1 heterocycles. The zero-order valence-corrected chi connectivity index (χ0v) is 12.8. The summed E-state index contributed by atoms with van der Waals surface area (Å²) < 4.78 is 63.0. The monoisotopic (exact) mass is 330 g/mol. The molecule has 20 heavy (non-hydrogen) atoms. The first-order valence-electron chi connectivity index (χ1n) is 5.97. The number of halogens is 3. The van der Waals surface area contributed by atoms with E-state index in [1.807, 2.05) is 0 Å². The molecule has 0 unspecified atom stereocenters. The maximum Gasteiger partial charge on any atom is 0.402 e. The summed E-state index contributed by atoms with van der Waals surface area (Å²) >= 11 is 1.14. The third-order valence-electron chi connectivity index (χ3n) is 2.60. The van der Waals surface area contributed by atoms with Crippen molar-refractivity contribution in [1.29, 1.82) is 0 Å². The van der Waals surface area contributed by atoms with Crippen molar-refractivity contribution in [2.24, 2.45) is 5.73 Å². The van der Waals surface area contributed by atoms with Crippen molar-refractivity contribution in [3.8, 4) is 0 Å². The van der Waals surface area contributed by atoms with Crippen molar-refractivity contribution in [1.82, 2.24) is 4.31 Å². The van der Waals surface area contributed by atoms with Crippen LogP contribution in [0.4, 0.5) is 13.2 Å². The first kappa shape index (κ1) is 17.4. The lowest BCUT2D eigenvalue weighted by Crippen LogP contribution is -2.39. The second-order valence-electron chi connectivity index (χ2n) is 4.33. The molecule has 0 saturated heterocycles. The summed E-state index contributed by atoms with van der Waals surface area (Å²) in [5.74, 6) is 0. The van der Waals surface area contributed by atoms with Gasteiger partial charge in [0.05, 0.1) is 0 Å². The average molecular weight is 330 g/mol. The molecule has 0 atom stereocenters. The van der Waals surface area contributed by atoms with Crippen molar-refractivity contribution in [3.05, 3.63) is 15.8 Å². The molecule has 0 aromatic carbocycles. The van der Waals surface area contributed by atoms with Crippen molar-refractivity contribution < 1.29 is 21.6 Å². The highest BCUT2D eigenvalue weighted by atomic mass is 32.2. The molecular weight excluding hydrogens is 313 g/mol. The lowest BCUT2D eigenvalue weighted by atomic mass is 10.3. The van der Waals surface area contributed by atoms with Gasteiger partial charge in [0.1, 0.15) is 11.4 Å². The largest absolute Gasteiger partial charge is 0.402 e. The number of hydrogen-bond donors (Lipinski definition) is 1. The van der Waals surface area contributed by atoms with E-state index in [1.165, 1.54) is 0 Å². The van der Waals surface area contributed by atoms with Gasteiger partial charge >= 0.3 is 6.18 Å². The predicted molar refractivity (Wildman–Crippen MR) is 72.1 cm³/mol. The molecule has 0 spiro atoms. The summed E-state index contributed by atoms with van der Waals surface area (Å²) in [4.78, 5) is 0.300. The number of alkyl halides is 3. The highest BCUT2D eigenvalue weighted by molar-refractivity contribution is 7.89. The molecular formula is C11H17F3N2O2S2. The van der Waals surface area contributed by atoms with E-state index in [1.54, 1.807) is 19.2 Å². The fourth-order valence-electron chi connectivity index (χ4n) is 1.84. The number of hydrogen-bond acceptors (Lipinski definition) is 4. The van der Waals surface area contributed by atoms with Crippen LogP contribution in [0.5, 0.6) is 0 Å². The van der Waals surface area contributed by atoms with Gasteiger partial charge in [0.25, 0.3) is 0 Å². The Hall–Kier alpha value is -0.640. The maximum absolute atomic E-state index is 12.6. The number of nitrogens with two attached hydrogens (primary N) is 1. The molecule has 9 heteroatoms. The fourth-order valence-corrected chi connectivity index (χ4v) is 5.01. The summed E-state index contributed by atoms with van der Waals surface area (Å²) in [5.41, 5.74) is 5.90. The van der Waals surface area contributed by atoms with Gasteiger partial charge in [-0.2, -0.15) is 17.5 Å². The second kappa shape index (κ2) is 6.42. The molecule has 116 valence electrons. The van der Waals surface area contributed by atoms with Crippen LogP contribution in [0.1, 0.15) is 23.8 Å². The summed E-state index contributed by atoms with van der Waals surface area (Å²) in [7, 11) is -4.18. The van der Waals surface area contributed by atoms with Crippen LogP contribution in [0.15, 0.2) is 10.3 Å². The van der Waals surface area contributed by atoms with Gasteiger partial charge in [-0.25, -0.2) is 8.42 Å². The number of aryl methyl sites for hydroxylation is 1. The Balaban J connectivity index is 3.26. The van der Waals surface area contributed by atoms with Crippen molar-refractivity contribution in [2.45, 2.75) is 37.9 Å². The molecule has 0 amide bonds. The minimum Gasteiger partial charge on any atom is -0.326 e. The Morgan fingerprint density at radius 3 is 2.45 bits per heavy atom. The van der Waals surface area contributed by atoms with Gasteiger partial charge < -0.3 is 5.73 Å². The molecule has 0 radical (unpaired) electrons. The summed E-state index contributed by atoms with van der Waals surface area (Å²) in [5, 5.41) is 1.59. The van der Waals surface area contributed by atoms with Gasteiger partial charge in [-0.3, -0.25) is 0 Å². The Bertz CT molecular complexity index is 553. The van der Waals surface area contributed by atoms with Crippen molar-refractivity contribution >= 4 is 21.4 Å².